The molecule has 0 aromatic heterocycles. The summed E-state index contributed by atoms with van der Waals surface area (Å²) in [6.45, 7) is 4.60. The summed E-state index contributed by atoms with van der Waals surface area (Å²) in [6.07, 6.45) is 2.29. The van der Waals surface area contributed by atoms with Gasteiger partial charge in [-0.2, -0.15) is 0 Å². The number of halogens is 1. The molecule has 0 bridgehead atoms. The van der Waals surface area contributed by atoms with Crippen LogP contribution in [0.5, 0.6) is 0 Å². The second-order valence-corrected chi connectivity index (χ2v) is 3.35. The molecular formula is C10H21ClO3. The van der Waals surface area contributed by atoms with Crippen LogP contribution in [0, 0.1) is 0 Å². The van der Waals surface area contributed by atoms with Crippen molar-refractivity contribution in [2.45, 2.75) is 25.9 Å². The summed E-state index contributed by atoms with van der Waals surface area (Å²) in [4.78, 5) is 0. The summed E-state index contributed by atoms with van der Waals surface area (Å²) in [5, 5.41) is 0. The molecule has 0 amide bonds. The van der Waals surface area contributed by atoms with E-state index in [9.17, 15) is 0 Å². The third kappa shape index (κ3) is 8.75. The molecular weight excluding hydrogens is 204 g/mol. The van der Waals surface area contributed by atoms with Crippen molar-refractivity contribution < 1.29 is 14.2 Å². The van der Waals surface area contributed by atoms with Crippen LogP contribution in [-0.2, 0) is 14.2 Å². The summed E-state index contributed by atoms with van der Waals surface area (Å²) in [7, 11) is 1.66. The molecule has 0 aromatic rings. The minimum absolute atomic E-state index is 0.174. The standard InChI is InChI=1S/C10H21ClO3/c1-3-4-10(9-11)14-8-7-13-6-5-12-2/h10H,3-9H2,1-2H3. The van der Waals surface area contributed by atoms with E-state index in [1.165, 1.54) is 0 Å². The van der Waals surface area contributed by atoms with Crippen molar-refractivity contribution in [1.29, 1.82) is 0 Å². The van der Waals surface area contributed by atoms with E-state index in [1.807, 2.05) is 0 Å². The Balaban J connectivity index is 3.15. The van der Waals surface area contributed by atoms with E-state index < -0.39 is 0 Å². The van der Waals surface area contributed by atoms with E-state index >= 15 is 0 Å². The van der Waals surface area contributed by atoms with Crippen LogP contribution in [-0.4, -0.2) is 45.5 Å². The number of methoxy groups -OCH3 is 1. The predicted octanol–water partition coefficient (Wildman–Crippen LogP) is 2.07. The molecule has 0 fully saturated rings. The van der Waals surface area contributed by atoms with Gasteiger partial charge in [0.25, 0.3) is 0 Å². The Morgan fingerprint density at radius 2 is 1.86 bits per heavy atom. The maximum Gasteiger partial charge on any atom is 0.0711 e. The van der Waals surface area contributed by atoms with Gasteiger partial charge in [0.15, 0.2) is 0 Å². The molecule has 0 rings (SSSR count). The molecule has 0 aromatic carbocycles. The van der Waals surface area contributed by atoms with E-state index in [1.54, 1.807) is 7.11 Å². The fraction of sp³-hybridized carbons (Fsp3) is 1.00. The third-order valence-electron chi connectivity index (χ3n) is 1.80. The molecule has 3 nitrogen and oxygen atoms in total. The van der Waals surface area contributed by atoms with Gasteiger partial charge in [-0.15, -0.1) is 11.6 Å². The van der Waals surface area contributed by atoms with Crippen molar-refractivity contribution in [2.75, 3.05) is 39.4 Å². The number of hydrogen-bond acceptors (Lipinski definition) is 3. The highest BCUT2D eigenvalue weighted by atomic mass is 35.5. The highest BCUT2D eigenvalue weighted by molar-refractivity contribution is 6.18. The van der Waals surface area contributed by atoms with Crippen LogP contribution in [0.3, 0.4) is 0 Å². The summed E-state index contributed by atoms with van der Waals surface area (Å²) in [5.41, 5.74) is 0. The lowest BCUT2D eigenvalue weighted by Crippen LogP contribution is -2.18. The van der Waals surface area contributed by atoms with Gasteiger partial charge >= 0.3 is 0 Å². The molecule has 4 heteroatoms. The van der Waals surface area contributed by atoms with Crippen molar-refractivity contribution in [3.8, 4) is 0 Å². The van der Waals surface area contributed by atoms with Gasteiger partial charge < -0.3 is 14.2 Å². The highest BCUT2D eigenvalue weighted by Crippen LogP contribution is 2.03. The molecule has 0 aliphatic heterocycles. The van der Waals surface area contributed by atoms with E-state index in [2.05, 4.69) is 6.92 Å². The molecule has 14 heavy (non-hydrogen) atoms. The van der Waals surface area contributed by atoms with Crippen molar-refractivity contribution in [3.63, 3.8) is 0 Å². The van der Waals surface area contributed by atoms with Gasteiger partial charge in [0.1, 0.15) is 0 Å². The number of rotatable bonds is 10. The van der Waals surface area contributed by atoms with Gasteiger partial charge in [-0.3, -0.25) is 0 Å². The zero-order chi connectivity index (χ0) is 10.6. The molecule has 1 atom stereocenters. The molecule has 0 saturated heterocycles. The van der Waals surface area contributed by atoms with E-state index in [-0.39, 0.29) is 6.10 Å². The van der Waals surface area contributed by atoms with Crippen LogP contribution in [0.15, 0.2) is 0 Å². The Morgan fingerprint density at radius 1 is 1.14 bits per heavy atom. The summed E-state index contributed by atoms with van der Waals surface area (Å²) in [6, 6.07) is 0. The maximum atomic E-state index is 5.72. The van der Waals surface area contributed by atoms with Crippen LogP contribution in [0.2, 0.25) is 0 Å². The number of hydrogen-bond donors (Lipinski definition) is 0. The lowest BCUT2D eigenvalue weighted by molar-refractivity contribution is -0.00175. The maximum absolute atomic E-state index is 5.72. The van der Waals surface area contributed by atoms with Crippen molar-refractivity contribution >= 4 is 11.6 Å². The van der Waals surface area contributed by atoms with Gasteiger partial charge in [0, 0.05) is 13.0 Å². The molecule has 0 aliphatic carbocycles. The Hall–Kier alpha value is 0.170. The van der Waals surface area contributed by atoms with Gasteiger partial charge in [-0.25, -0.2) is 0 Å². The number of alkyl halides is 1. The fourth-order valence-corrected chi connectivity index (χ4v) is 1.29. The summed E-state index contributed by atoms with van der Waals surface area (Å²) >= 11 is 5.72. The van der Waals surface area contributed by atoms with Crippen LogP contribution >= 0.6 is 11.6 Å². The Labute approximate surface area is 91.7 Å². The first-order chi connectivity index (χ1) is 6.85. The largest absolute Gasteiger partial charge is 0.382 e. The third-order valence-corrected chi connectivity index (χ3v) is 2.14. The molecule has 0 saturated carbocycles. The Bertz CT molecular complexity index is 112. The summed E-state index contributed by atoms with van der Waals surface area (Å²) < 4.78 is 15.6. The smallest absolute Gasteiger partial charge is 0.0711 e. The zero-order valence-electron chi connectivity index (χ0n) is 9.13. The summed E-state index contributed by atoms with van der Waals surface area (Å²) in [5.74, 6) is 0.561. The topological polar surface area (TPSA) is 27.7 Å². The fourth-order valence-electron chi connectivity index (χ4n) is 1.05. The lowest BCUT2D eigenvalue weighted by atomic mass is 10.2. The Kier molecular flexibility index (Phi) is 11.4. The first-order valence-electron chi connectivity index (χ1n) is 5.09. The Morgan fingerprint density at radius 3 is 2.43 bits per heavy atom. The van der Waals surface area contributed by atoms with E-state index in [4.69, 9.17) is 25.8 Å². The average Bonchev–Trinajstić information content (AvgIpc) is 2.21. The second-order valence-electron chi connectivity index (χ2n) is 3.04. The lowest BCUT2D eigenvalue weighted by Gasteiger charge is -2.13. The zero-order valence-corrected chi connectivity index (χ0v) is 9.89. The minimum atomic E-state index is 0.174. The quantitative estimate of drug-likeness (QED) is 0.420. The van der Waals surface area contributed by atoms with Gasteiger partial charge in [0.05, 0.1) is 32.5 Å². The van der Waals surface area contributed by atoms with E-state index in [0.717, 1.165) is 12.8 Å². The van der Waals surface area contributed by atoms with Gasteiger partial charge in [0.2, 0.25) is 0 Å². The minimum Gasteiger partial charge on any atom is -0.382 e. The molecule has 0 N–H and O–H groups in total. The van der Waals surface area contributed by atoms with Crippen molar-refractivity contribution in [1.82, 2.24) is 0 Å². The van der Waals surface area contributed by atoms with Crippen LogP contribution in [0.1, 0.15) is 19.8 Å². The SMILES string of the molecule is CCCC(CCl)OCCOCCOC. The predicted molar refractivity (Wildman–Crippen MR) is 58.1 cm³/mol. The first-order valence-corrected chi connectivity index (χ1v) is 5.62. The van der Waals surface area contributed by atoms with Crippen LogP contribution in [0.4, 0.5) is 0 Å². The van der Waals surface area contributed by atoms with E-state index in [0.29, 0.717) is 32.3 Å². The van der Waals surface area contributed by atoms with Crippen LogP contribution < -0.4 is 0 Å². The normalized spacial score (nSPS) is 13.1. The van der Waals surface area contributed by atoms with Gasteiger partial charge in [-0.05, 0) is 6.42 Å². The van der Waals surface area contributed by atoms with Gasteiger partial charge in [-0.1, -0.05) is 13.3 Å². The molecule has 0 radical (unpaired) electrons. The van der Waals surface area contributed by atoms with Crippen molar-refractivity contribution in [3.05, 3.63) is 0 Å². The molecule has 0 heterocycles. The highest BCUT2D eigenvalue weighted by Gasteiger charge is 2.05. The number of ether oxygens (including phenoxy) is 3. The molecule has 0 spiro atoms. The average molecular weight is 225 g/mol. The first kappa shape index (κ1) is 14.2. The van der Waals surface area contributed by atoms with Crippen molar-refractivity contribution in [2.24, 2.45) is 0 Å². The monoisotopic (exact) mass is 224 g/mol. The van der Waals surface area contributed by atoms with Crippen LogP contribution in [0.25, 0.3) is 0 Å². The molecule has 0 aliphatic rings. The molecule has 86 valence electrons. The molecule has 1 unspecified atom stereocenters. The second kappa shape index (κ2) is 11.2.